The average molecular weight is 437 g/mol. The van der Waals surface area contributed by atoms with Crippen LogP contribution in [0.5, 0.6) is 5.75 Å². The van der Waals surface area contributed by atoms with Crippen LogP contribution < -0.4 is 39.7 Å². The Morgan fingerprint density at radius 2 is 1.57 bits per heavy atom. The molecule has 0 saturated heterocycles. The summed E-state index contributed by atoms with van der Waals surface area (Å²) in [6.07, 6.45) is 1.15. The molecule has 0 amide bonds. The smallest absolute Gasteiger partial charge is 1.00 e. The Balaban J connectivity index is 0.00000240. The zero-order valence-corrected chi connectivity index (χ0v) is 19.2. The van der Waals surface area contributed by atoms with Gasteiger partial charge in [-0.25, -0.2) is 0 Å². The van der Waals surface area contributed by atoms with Crippen LogP contribution in [0, 0.1) is 0 Å². The van der Waals surface area contributed by atoms with Gasteiger partial charge in [-0.1, -0.05) is 60.7 Å². The molecule has 3 rings (SSSR count). The first kappa shape index (κ1) is 24.0. The van der Waals surface area contributed by atoms with Gasteiger partial charge in [-0.05, 0) is 11.1 Å². The number of carbonyl (C=O) groups excluding carboxylic acids is 1. The second-order valence-electron chi connectivity index (χ2n) is 6.34. The summed E-state index contributed by atoms with van der Waals surface area (Å²) in [5, 5.41) is 0. The summed E-state index contributed by atoms with van der Waals surface area (Å²) >= 11 is 0. The molecular weight excluding hydrogens is 417 g/mol. The minimum atomic E-state index is -4.23. The van der Waals surface area contributed by atoms with Crippen LogP contribution in [-0.2, 0) is 16.7 Å². The van der Waals surface area contributed by atoms with Crippen LogP contribution >= 0.6 is 0 Å². The quantitative estimate of drug-likeness (QED) is 0.298. The number of rotatable bonds is 8. The van der Waals surface area contributed by atoms with Gasteiger partial charge < -0.3 is 10.7 Å². The molecule has 2 aromatic carbocycles. The van der Waals surface area contributed by atoms with Crippen molar-refractivity contribution in [2.75, 3.05) is 5.75 Å². The van der Waals surface area contributed by atoms with E-state index < -0.39 is 27.4 Å². The number of hydrogen-bond acceptors (Lipinski definition) is 5. The summed E-state index contributed by atoms with van der Waals surface area (Å²) in [6.45, 7) is -0.203. The van der Waals surface area contributed by atoms with E-state index in [4.69, 9.17) is 9.29 Å². The fraction of sp³-hybridized carbons (Fsp3) is 0.143. The van der Waals surface area contributed by atoms with E-state index in [0.29, 0.717) is 6.29 Å². The maximum Gasteiger partial charge on any atom is 1.00 e. The van der Waals surface area contributed by atoms with Gasteiger partial charge >= 0.3 is 29.6 Å². The fourth-order valence-corrected chi connectivity index (χ4v) is 3.30. The van der Waals surface area contributed by atoms with Crippen molar-refractivity contribution >= 4 is 16.4 Å². The second kappa shape index (κ2) is 10.7. The molecule has 1 heterocycles. The number of benzene rings is 2. The van der Waals surface area contributed by atoms with Gasteiger partial charge in [0, 0.05) is 12.6 Å². The van der Waals surface area contributed by atoms with Crippen LogP contribution in [0.3, 0.4) is 0 Å². The molecule has 0 saturated carbocycles. The molecule has 0 aliphatic carbocycles. The summed E-state index contributed by atoms with van der Waals surface area (Å²) in [6, 6.07) is 19.7. The number of ether oxygens (including phenoxy) is 1. The molecule has 3 aromatic rings. The molecular formula is C21H20NNaO6S. The van der Waals surface area contributed by atoms with Gasteiger partial charge in [0.2, 0.25) is 5.43 Å². The molecule has 0 spiro atoms. The Morgan fingerprint density at radius 3 is 2.03 bits per heavy atom. The summed E-state index contributed by atoms with van der Waals surface area (Å²) in [5.74, 6) is -0.639. The van der Waals surface area contributed by atoms with Gasteiger partial charge in [0.15, 0.2) is 12.0 Å². The van der Waals surface area contributed by atoms with Gasteiger partial charge in [0.1, 0.15) is 6.10 Å². The van der Waals surface area contributed by atoms with E-state index in [1.54, 1.807) is 0 Å². The molecule has 0 fully saturated rings. The van der Waals surface area contributed by atoms with Crippen molar-refractivity contribution in [1.29, 1.82) is 0 Å². The Labute approximate surface area is 197 Å². The van der Waals surface area contributed by atoms with Crippen molar-refractivity contribution in [2.45, 2.75) is 12.6 Å². The van der Waals surface area contributed by atoms with E-state index in [9.17, 15) is 18.0 Å². The summed E-state index contributed by atoms with van der Waals surface area (Å²) in [4.78, 5) is 23.8. The number of aromatic nitrogens is 1. The third kappa shape index (κ3) is 6.38. The monoisotopic (exact) mass is 437 g/mol. The van der Waals surface area contributed by atoms with Gasteiger partial charge in [0.25, 0.3) is 10.1 Å². The Bertz CT molecular complexity index is 1110. The number of aryl methyl sites for hydroxylation is 1. The standard InChI is InChI=1S/C21H19NO6S.Na.H/c23-15-18-13-19(24)20(14-22(18)11-12-29(25,26)27)28-21(16-7-3-1-4-8-16)17-9-5-2-6-10-17;;/h1-10,13-15,21H,11-12H2,(H,25,26,27);;/q;+1;-1. The molecule has 0 radical (unpaired) electrons. The summed E-state index contributed by atoms with van der Waals surface area (Å²) in [5.41, 5.74) is 1.12. The topological polar surface area (TPSA) is 103 Å². The number of nitrogens with zero attached hydrogens (tertiary/aromatic N) is 1. The molecule has 9 heteroatoms. The average Bonchev–Trinajstić information content (AvgIpc) is 2.72. The van der Waals surface area contributed by atoms with Crippen LogP contribution in [0.2, 0.25) is 0 Å². The van der Waals surface area contributed by atoms with Gasteiger partial charge in [0.05, 0.1) is 17.6 Å². The molecule has 1 aromatic heterocycles. The van der Waals surface area contributed by atoms with E-state index in [-0.39, 0.29) is 49.0 Å². The first-order valence-corrected chi connectivity index (χ1v) is 10.4. The zero-order valence-electron chi connectivity index (χ0n) is 17.3. The van der Waals surface area contributed by atoms with E-state index >= 15 is 0 Å². The van der Waals surface area contributed by atoms with Crippen molar-refractivity contribution in [2.24, 2.45) is 0 Å². The molecule has 7 nitrogen and oxygen atoms in total. The minimum absolute atomic E-state index is 0. The predicted molar refractivity (Wildman–Crippen MR) is 109 cm³/mol. The van der Waals surface area contributed by atoms with Crippen LogP contribution in [0.25, 0.3) is 0 Å². The number of carbonyl (C=O) groups is 1. The molecule has 1 N–H and O–H groups in total. The van der Waals surface area contributed by atoms with Gasteiger partial charge in [-0.3, -0.25) is 14.1 Å². The van der Waals surface area contributed by atoms with Crippen LogP contribution in [0.15, 0.2) is 77.7 Å². The first-order valence-electron chi connectivity index (χ1n) is 8.79. The van der Waals surface area contributed by atoms with Gasteiger partial charge in [-0.2, -0.15) is 8.42 Å². The van der Waals surface area contributed by atoms with Crippen molar-refractivity contribution < 1.29 is 53.5 Å². The normalized spacial score (nSPS) is 11.0. The Morgan fingerprint density at radius 1 is 1.03 bits per heavy atom. The van der Waals surface area contributed by atoms with Crippen molar-refractivity contribution in [3.8, 4) is 5.75 Å². The largest absolute Gasteiger partial charge is 1.00 e. The molecule has 0 atom stereocenters. The van der Waals surface area contributed by atoms with E-state index in [1.807, 2.05) is 60.7 Å². The molecule has 0 unspecified atom stereocenters. The van der Waals surface area contributed by atoms with Crippen LogP contribution in [0.1, 0.15) is 29.1 Å². The van der Waals surface area contributed by atoms with Crippen LogP contribution in [0.4, 0.5) is 0 Å². The summed E-state index contributed by atoms with van der Waals surface area (Å²) in [7, 11) is -4.23. The predicted octanol–water partition coefficient (Wildman–Crippen LogP) is -0.166. The number of aldehydes is 1. The van der Waals surface area contributed by atoms with E-state index in [1.165, 1.54) is 10.8 Å². The summed E-state index contributed by atoms with van der Waals surface area (Å²) < 4.78 is 38.4. The molecule has 30 heavy (non-hydrogen) atoms. The third-order valence-electron chi connectivity index (χ3n) is 4.29. The maximum atomic E-state index is 12.5. The van der Waals surface area contributed by atoms with E-state index in [0.717, 1.165) is 17.2 Å². The van der Waals surface area contributed by atoms with Crippen molar-refractivity contribution in [3.63, 3.8) is 0 Å². The maximum absolute atomic E-state index is 12.5. The fourth-order valence-electron chi connectivity index (χ4n) is 2.88. The Kier molecular flexibility index (Phi) is 8.57. The zero-order chi connectivity index (χ0) is 20.9. The van der Waals surface area contributed by atoms with E-state index in [2.05, 4.69) is 0 Å². The van der Waals surface area contributed by atoms with Crippen LogP contribution in [-0.4, -0.2) is 29.6 Å². The minimum Gasteiger partial charge on any atom is -1.00 e. The Hall–Kier alpha value is -2.23. The first-order chi connectivity index (χ1) is 13.9. The van der Waals surface area contributed by atoms with Gasteiger partial charge in [-0.15, -0.1) is 0 Å². The SMILES string of the molecule is O=Cc1cc(=O)c(OC(c2ccccc2)c2ccccc2)cn1CCS(=O)(=O)O.[H-].[Na+]. The third-order valence-corrected chi connectivity index (χ3v) is 4.99. The molecule has 0 aliphatic rings. The molecule has 0 aliphatic heterocycles. The van der Waals surface area contributed by atoms with Crippen molar-refractivity contribution in [1.82, 2.24) is 4.57 Å². The molecule has 0 bridgehead atoms. The molecule has 152 valence electrons. The number of hydrogen-bond donors (Lipinski definition) is 1. The second-order valence-corrected chi connectivity index (χ2v) is 7.92. The number of pyridine rings is 1. The van der Waals surface area contributed by atoms with Crippen molar-refractivity contribution in [3.05, 3.63) is 100.0 Å².